The average Bonchev–Trinajstić information content (AvgIpc) is 3.32. The highest BCUT2D eigenvalue weighted by Crippen LogP contribution is 2.49. The Balaban J connectivity index is 1.56. The van der Waals surface area contributed by atoms with Crippen LogP contribution in [0.15, 0.2) is 92.8 Å². The maximum atomic E-state index is 13.4. The van der Waals surface area contributed by atoms with E-state index < -0.39 is 11.5 Å². The molecule has 7 rings (SSSR count). The molecule has 1 unspecified atom stereocenters. The van der Waals surface area contributed by atoms with E-state index in [2.05, 4.69) is 26.0 Å². The Hall–Kier alpha value is -4.01. The number of para-hydroxylation sites is 1. The number of hydrogen-bond acceptors (Lipinski definition) is 6. The molecule has 1 aliphatic rings. The highest BCUT2D eigenvalue weighted by molar-refractivity contribution is 9.10. The molecule has 0 saturated carbocycles. The summed E-state index contributed by atoms with van der Waals surface area (Å²) in [5, 5.41) is 5.88. The minimum absolute atomic E-state index is 0.349. The number of aromatic nitrogens is 4. The molecule has 1 atom stereocenters. The van der Waals surface area contributed by atoms with Crippen LogP contribution in [-0.4, -0.2) is 19.6 Å². The SMILES string of the molecule is O=c1oc2ccccc2c2c1C(c1cccc(Cl)c1)c1c(ncn3nc(-c4ccccc4Br)nc13)O2. The van der Waals surface area contributed by atoms with E-state index in [0.29, 0.717) is 50.2 Å². The van der Waals surface area contributed by atoms with Crippen molar-refractivity contribution in [3.63, 3.8) is 0 Å². The minimum atomic E-state index is -0.587. The third-order valence-corrected chi connectivity index (χ3v) is 7.19. The largest absolute Gasteiger partial charge is 0.437 e. The lowest BCUT2D eigenvalue weighted by Gasteiger charge is -2.27. The lowest BCUT2D eigenvalue weighted by molar-refractivity contribution is 0.422. The summed E-state index contributed by atoms with van der Waals surface area (Å²) >= 11 is 9.96. The van der Waals surface area contributed by atoms with E-state index in [1.807, 2.05) is 60.7 Å². The first kappa shape index (κ1) is 21.3. The molecule has 0 saturated heterocycles. The van der Waals surface area contributed by atoms with Gasteiger partial charge in [-0.1, -0.05) is 63.9 Å². The van der Waals surface area contributed by atoms with Gasteiger partial charge in [0.15, 0.2) is 17.2 Å². The van der Waals surface area contributed by atoms with Gasteiger partial charge in [0, 0.05) is 15.1 Å². The first-order valence-electron chi connectivity index (χ1n) is 11.1. The molecule has 36 heavy (non-hydrogen) atoms. The van der Waals surface area contributed by atoms with Gasteiger partial charge in [0.05, 0.1) is 22.4 Å². The van der Waals surface area contributed by atoms with Crippen LogP contribution >= 0.6 is 27.5 Å². The molecule has 0 amide bonds. The fourth-order valence-corrected chi connectivity index (χ4v) is 5.37. The normalized spacial score (nSPS) is 14.4. The lowest BCUT2D eigenvalue weighted by atomic mass is 9.84. The van der Waals surface area contributed by atoms with E-state index in [4.69, 9.17) is 25.7 Å². The maximum absolute atomic E-state index is 13.4. The number of fused-ring (bicyclic) bond motifs is 6. The first-order valence-corrected chi connectivity index (χ1v) is 12.2. The minimum Gasteiger partial charge on any atom is -0.437 e. The van der Waals surface area contributed by atoms with E-state index in [9.17, 15) is 4.79 Å². The van der Waals surface area contributed by atoms with Crippen LogP contribution in [-0.2, 0) is 0 Å². The zero-order valence-electron chi connectivity index (χ0n) is 18.4. The predicted molar refractivity (Wildman–Crippen MR) is 139 cm³/mol. The summed E-state index contributed by atoms with van der Waals surface area (Å²) in [6.45, 7) is 0. The van der Waals surface area contributed by atoms with E-state index in [1.165, 1.54) is 0 Å². The summed E-state index contributed by atoms with van der Waals surface area (Å²) in [7, 11) is 0. The fraction of sp³-hybridized carbons (Fsp3) is 0.0370. The molecule has 0 fully saturated rings. The summed E-state index contributed by atoms with van der Waals surface area (Å²) in [6.07, 6.45) is 1.56. The highest BCUT2D eigenvalue weighted by Gasteiger charge is 2.37. The smallest absolute Gasteiger partial charge is 0.344 e. The Morgan fingerprint density at radius 2 is 1.81 bits per heavy atom. The molecule has 0 aliphatic carbocycles. The monoisotopic (exact) mass is 556 g/mol. The maximum Gasteiger partial charge on any atom is 0.344 e. The van der Waals surface area contributed by atoms with Crippen LogP contribution in [0, 0.1) is 0 Å². The molecule has 3 aromatic heterocycles. The van der Waals surface area contributed by atoms with Crippen molar-refractivity contribution in [1.82, 2.24) is 19.6 Å². The van der Waals surface area contributed by atoms with Gasteiger partial charge in [-0.15, -0.1) is 5.10 Å². The Morgan fingerprint density at radius 1 is 0.972 bits per heavy atom. The topological polar surface area (TPSA) is 82.5 Å². The molecule has 7 nitrogen and oxygen atoms in total. The molecule has 3 aromatic carbocycles. The Kier molecular flexibility index (Phi) is 4.74. The molecule has 0 radical (unpaired) electrons. The molecular weight excluding hydrogens is 544 g/mol. The third kappa shape index (κ3) is 3.18. The Morgan fingerprint density at radius 3 is 2.67 bits per heavy atom. The molecular formula is C27H14BrClN4O3. The molecule has 0 N–H and O–H groups in total. The van der Waals surface area contributed by atoms with Crippen molar-refractivity contribution in [3.8, 4) is 23.0 Å². The number of rotatable bonds is 2. The lowest BCUT2D eigenvalue weighted by Crippen LogP contribution is -2.22. The van der Waals surface area contributed by atoms with E-state index >= 15 is 0 Å². The van der Waals surface area contributed by atoms with Gasteiger partial charge in [-0.3, -0.25) is 0 Å². The Labute approximate surface area is 217 Å². The summed E-state index contributed by atoms with van der Waals surface area (Å²) in [5.74, 6) is 0.693. The Bertz CT molecular complexity index is 1900. The van der Waals surface area contributed by atoms with Crippen molar-refractivity contribution in [2.24, 2.45) is 0 Å². The molecule has 174 valence electrons. The van der Waals surface area contributed by atoms with Crippen molar-refractivity contribution in [1.29, 1.82) is 0 Å². The molecule has 6 aromatic rings. The van der Waals surface area contributed by atoms with Crippen LogP contribution in [0.5, 0.6) is 11.6 Å². The number of ether oxygens (including phenoxy) is 1. The van der Waals surface area contributed by atoms with E-state index in [1.54, 1.807) is 23.0 Å². The van der Waals surface area contributed by atoms with Gasteiger partial charge in [-0.2, -0.15) is 0 Å². The van der Waals surface area contributed by atoms with E-state index in [0.717, 1.165) is 15.6 Å². The summed E-state index contributed by atoms with van der Waals surface area (Å²) < 4.78 is 14.5. The van der Waals surface area contributed by atoms with Gasteiger partial charge in [-0.25, -0.2) is 19.3 Å². The molecule has 0 spiro atoms. The molecule has 1 aliphatic heterocycles. The fourth-order valence-electron chi connectivity index (χ4n) is 4.71. The number of nitrogens with zero attached hydrogens (tertiary/aromatic N) is 4. The van der Waals surface area contributed by atoms with Gasteiger partial charge >= 0.3 is 5.63 Å². The van der Waals surface area contributed by atoms with Crippen LogP contribution in [0.4, 0.5) is 0 Å². The molecule has 9 heteroatoms. The number of halogens is 2. The van der Waals surface area contributed by atoms with Gasteiger partial charge in [0.1, 0.15) is 11.9 Å². The van der Waals surface area contributed by atoms with Crippen LogP contribution < -0.4 is 10.4 Å². The second-order valence-electron chi connectivity index (χ2n) is 8.37. The van der Waals surface area contributed by atoms with Crippen LogP contribution in [0.1, 0.15) is 22.6 Å². The first-order chi connectivity index (χ1) is 17.6. The van der Waals surface area contributed by atoms with Crippen LogP contribution in [0.25, 0.3) is 28.0 Å². The van der Waals surface area contributed by atoms with Gasteiger partial charge in [0.2, 0.25) is 5.88 Å². The van der Waals surface area contributed by atoms with Crippen LogP contribution in [0.2, 0.25) is 5.02 Å². The van der Waals surface area contributed by atoms with E-state index in [-0.39, 0.29) is 0 Å². The van der Waals surface area contributed by atoms with Crippen molar-refractivity contribution in [2.45, 2.75) is 5.92 Å². The van der Waals surface area contributed by atoms with Crippen molar-refractivity contribution < 1.29 is 9.15 Å². The predicted octanol–water partition coefficient (Wildman–Crippen LogP) is 6.60. The van der Waals surface area contributed by atoms with Crippen molar-refractivity contribution in [3.05, 3.63) is 116 Å². The summed E-state index contributed by atoms with van der Waals surface area (Å²) in [5.41, 5.74) is 3.06. The van der Waals surface area contributed by atoms with Gasteiger partial charge < -0.3 is 9.15 Å². The number of benzene rings is 3. The standard InChI is InChI=1S/C27H14BrClN4O3/c28-18-10-3-1-8-16(18)24-31-25-22-20(14-6-5-7-15(29)12-14)21-23(36-26(22)30-13-33(25)32-24)17-9-2-4-11-19(17)35-27(21)34/h1-13,20H. The summed E-state index contributed by atoms with van der Waals surface area (Å²) in [6, 6.07) is 22.4. The van der Waals surface area contributed by atoms with Crippen LogP contribution in [0.3, 0.4) is 0 Å². The quantitative estimate of drug-likeness (QED) is 0.223. The molecule has 4 heterocycles. The number of hydrogen-bond donors (Lipinski definition) is 0. The van der Waals surface area contributed by atoms with Crippen molar-refractivity contribution >= 4 is 44.1 Å². The highest BCUT2D eigenvalue weighted by atomic mass is 79.9. The zero-order valence-corrected chi connectivity index (χ0v) is 20.7. The zero-order chi connectivity index (χ0) is 24.4. The molecule has 0 bridgehead atoms. The second kappa shape index (κ2) is 8.01. The second-order valence-corrected chi connectivity index (χ2v) is 9.66. The third-order valence-electron chi connectivity index (χ3n) is 6.26. The average molecular weight is 558 g/mol. The van der Waals surface area contributed by atoms with Gasteiger partial charge in [0.25, 0.3) is 0 Å². The van der Waals surface area contributed by atoms with Gasteiger partial charge in [-0.05, 0) is 42.0 Å². The summed E-state index contributed by atoms with van der Waals surface area (Å²) in [4.78, 5) is 22.8. The van der Waals surface area contributed by atoms with Crippen molar-refractivity contribution in [2.75, 3.05) is 0 Å².